The zero-order valence-electron chi connectivity index (χ0n) is 7.89. The lowest BCUT2D eigenvalue weighted by Gasteiger charge is -2.00. The number of rotatable bonds is 4. The molecule has 0 saturated carbocycles. The highest BCUT2D eigenvalue weighted by atomic mass is 16.6. The minimum Gasteiger partial charge on any atom is -0.477 e. The molecule has 0 aromatic heterocycles. The number of carboxylic acid groups (broad SMARTS) is 1. The predicted octanol–water partition coefficient (Wildman–Crippen LogP) is 1.60. The maximum atomic E-state index is 10.7. The molecule has 1 aromatic carbocycles. The van der Waals surface area contributed by atoms with Crippen molar-refractivity contribution in [3.63, 3.8) is 0 Å². The van der Waals surface area contributed by atoms with Crippen LogP contribution in [0.5, 0.6) is 0 Å². The molecule has 1 N–H and O–H groups in total. The number of non-ortho nitro benzene ring substituents is 1. The number of nitro benzene ring substituents is 2. The van der Waals surface area contributed by atoms with E-state index in [-0.39, 0.29) is 0 Å². The van der Waals surface area contributed by atoms with Gasteiger partial charge in [0.25, 0.3) is 11.4 Å². The molecule has 0 aliphatic carbocycles. The van der Waals surface area contributed by atoms with Crippen molar-refractivity contribution in [2.24, 2.45) is 5.18 Å². The van der Waals surface area contributed by atoms with Gasteiger partial charge in [-0.1, -0.05) is 0 Å². The molecule has 0 fully saturated rings. The van der Waals surface area contributed by atoms with Crippen LogP contribution in [-0.2, 0) is 0 Å². The van der Waals surface area contributed by atoms with E-state index in [1.807, 2.05) is 0 Å². The summed E-state index contributed by atoms with van der Waals surface area (Å²) in [6, 6.07) is 1.02. The second kappa shape index (κ2) is 4.30. The zero-order chi connectivity index (χ0) is 13.2. The van der Waals surface area contributed by atoms with E-state index in [1.165, 1.54) is 0 Å². The van der Waals surface area contributed by atoms with Gasteiger partial charge in [-0.25, -0.2) is 4.79 Å². The molecular weight excluding hydrogens is 238 g/mol. The Kier molecular flexibility index (Phi) is 3.08. The van der Waals surface area contributed by atoms with Gasteiger partial charge >= 0.3 is 5.97 Å². The molecule has 0 radical (unpaired) electrons. The molecule has 88 valence electrons. The highest BCUT2D eigenvalue weighted by Crippen LogP contribution is 2.33. The summed E-state index contributed by atoms with van der Waals surface area (Å²) in [6.07, 6.45) is 0. The molecule has 0 saturated heterocycles. The summed E-state index contributed by atoms with van der Waals surface area (Å²) in [6.45, 7) is 0. The monoisotopic (exact) mass is 241 g/mol. The summed E-state index contributed by atoms with van der Waals surface area (Å²) in [7, 11) is 0. The van der Waals surface area contributed by atoms with Crippen molar-refractivity contribution in [1.29, 1.82) is 0 Å². The van der Waals surface area contributed by atoms with Crippen LogP contribution in [0.4, 0.5) is 17.1 Å². The van der Waals surface area contributed by atoms with E-state index in [2.05, 4.69) is 5.18 Å². The fourth-order valence-electron chi connectivity index (χ4n) is 1.14. The first-order chi connectivity index (χ1) is 7.88. The number of nitro groups is 2. The van der Waals surface area contributed by atoms with Crippen molar-refractivity contribution in [1.82, 2.24) is 0 Å². The van der Waals surface area contributed by atoms with E-state index in [0.717, 1.165) is 0 Å². The van der Waals surface area contributed by atoms with Crippen LogP contribution in [0.3, 0.4) is 0 Å². The zero-order valence-corrected chi connectivity index (χ0v) is 7.89. The van der Waals surface area contributed by atoms with Crippen LogP contribution in [0.15, 0.2) is 17.3 Å². The van der Waals surface area contributed by atoms with Crippen LogP contribution in [0, 0.1) is 25.1 Å². The Labute approximate surface area is 91.8 Å². The second-order valence-electron chi connectivity index (χ2n) is 2.77. The average Bonchev–Trinajstić information content (AvgIpc) is 2.26. The number of benzene rings is 1. The molecule has 10 heteroatoms. The van der Waals surface area contributed by atoms with Crippen LogP contribution < -0.4 is 0 Å². The highest BCUT2D eigenvalue weighted by Gasteiger charge is 2.29. The molecule has 10 nitrogen and oxygen atoms in total. The molecule has 1 aromatic rings. The van der Waals surface area contributed by atoms with E-state index in [0.29, 0.717) is 12.1 Å². The molecule has 0 aliphatic rings. The van der Waals surface area contributed by atoms with E-state index in [9.17, 15) is 29.9 Å². The maximum absolute atomic E-state index is 10.7. The Balaban J connectivity index is 3.69. The summed E-state index contributed by atoms with van der Waals surface area (Å²) in [5.74, 6) is -1.76. The molecular formula is C7H3N3O7. The van der Waals surface area contributed by atoms with Gasteiger partial charge in [0.2, 0.25) is 0 Å². The highest BCUT2D eigenvalue weighted by molar-refractivity contribution is 5.98. The summed E-state index contributed by atoms with van der Waals surface area (Å²) >= 11 is 0. The average molecular weight is 241 g/mol. The van der Waals surface area contributed by atoms with E-state index in [4.69, 9.17) is 5.11 Å². The number of hydrogen-bond donors (Lipinski definition) is 1. The number of carboxylic acids is 1. The molecule has 0 heterocycles. The number of carbonyl (C=O) groups is 1. The number of nitrogens with zero attached hydrogens (tertiary/aromatic N) is 3. The minimum atomic E-state index is -1.76. The van der Waals surface area contributed by atoms with Crippen LogP contribution in [0.2, 0.25) is 0 Å². The fourth-order valence-corrected chi connectivity index (χ4v) is 1.14. The third-order valence-corrected chi connectivity index (χ3v) is 1.80. The standard InChI is InChI=1S/C7H3N3O7/c11-7(12)6-4(8-13)1-3(9(14)15)2-5(6)10(16)17/h1-2H,(H,11,12). The predicted molar refractivity (Wildman–Crippen MR) is 52.2 cm³/mol. The van der Waals surface area contributed by atoms with Crippen molar-refractivity contribution in [3.8, 4) is 0 Å². The number of aromatic carboxylic acids is 1. The Hall–Kier alpha value is -2.91. The van der Waals surface area contributed by atoms with E-state index >= 15 is 0 Å². The van der Waals surface area contributed by atoms with Gasteiger partial charge in [-0.3, -0.25) is 20.2 Å². The molecule has 0 atom stereocenters. The van der Waals surface area contributed by atoms with Gasteiger partial charge in [0.15, 0.2) is 5.56 Å². The van der Waals surface area contributed by atoms with Gasteiger partial charge in [0.05, 0.1) is 15.9 Å². The third kappa shape index (κ3) is 2.19. The number of nitroso groups, excluding NO2 is 1. The third-order valence-electron chi connectivity index (χ3n) is 1.80. The van der Waals surface area contributed by atoms with Crippen molar-refractivity contribution < 1.29 is 19.7 Å². The number of hydrogen-bond acceptors (Lipinski definition) is 7. The van der Waals surface area contributed by atoms with Gasteiger partial charge < -0.3 is 5.11 Å². The second-order valence-corrected chi connectivity index (χ2v) is 2.77. The lowest BCUT2D eigenvalue weighted by atomic mass is 10.1. The molecule has 0 spiro atoms. The summed E-state index contributed by atoms with van der Waals surface area (Å²) in [4.78, 5) is 39.9. The first-order valence-corrected chi connectivity index (χ1v) is 3.92. The Bertz CT molecular complexity index is 539. The van der Waals surface area contributed by atoms with Crippen LogP contribution in [0.1, 0.15) is 10.4 Å². The van der Waals surface area contributed by atoms with Crippen molar-refractivity contribution in [3.05, 3.63) is 42.8 Å². The summed E-state index contributed by atoms with van der Waals surface area (Å²) in [5, 5.41) is 31.9. The minimum absolute atomic E-state index is 0.456. The van der Waals surface area contributed by atoms with Crippen molar-refractivity contribution in [2.45, 2.75) is 0 Å². The normalized spacial score (nSPS) is 9.65. The van der Waals surface area contributed by atoms with Crippen LogP contribution >= 0.6 is 0 Å². The van der Waals surface area contributed by atoms with Gasteiger partial charge in [-0.15, -0.1) is 4.91 Å². The Morgan fingerprint density at radius 3 is 2.18 bits per heavy atom. The lowest BCUT2D eigenvalue weighted by molar-refractivity contribution is -0.394. The fraction of sp³-hybridized carbons (Fsp3) is 0. The Morgan fingerprint density at radius 1 is 1.24 bits per heavy atom. The van der Waals surface area contributed by atoms with Gasteiger partial charge in [-0.05, 0) is 5.18 Å². The smallest absolute Gasteiger partial charge is 0.345 e. The Morgan fingerprint density at radius 2 is 1.82 bits per heavy atom. The molecule has 0 amide bonds. The molecule has 0 unspecified atom stereocenters. The van der Waals surface area contributed by atoms with Crippen molar-refractivity contribution in [2.75, 3.05) is 0 Å². The van der Waals surface area contributed by atoms with Crippen LogP contribution in [-0.4, -0.2) is 20.9 Å². The summed E-state index contributed by atoms with van der Waals surface area (Å²) in [5.41, 5.74) is -3.67. The van der Waals surface area contributed by atoms with E-state index < -0.39 is 38.4 Å². The lowest BCUT2D eigenvalue weighted by Crippen LogP contribution is -2.04. The topological polar surface area (TPSA) is 153 Å². The summed E-state index contributed by atoms with van der Waals surface area (Å²) < 4.78 is 0. The maximum Gasteiger partial charge on any atom is 0.345 e. The first kappa shape index (κ1) is 12.2. The van der Waals surface area contributed by atoms with Gasteiger partial charge in [-0.2, -0.15) is 0 Å². The largest absolute Gasteiger partial charge is 0.477 e. The molecule has 1 rings (SSSR count). The molecule has 0 aliphatic heterocycles. The van der Waals surface area contributed by atoms with Crippen molar-refractivity contribution >= 4 is 23.0 Å². The van der Waals surface area contributed by atoms with E-state index in [1.54, 1.807) is 0 Å². The van der Waals surface area contributed by atoms with Gasteiger partial charge in [0, 0.05) is 6.07 Å². The molecule has 0 bridgehead atoms. The quantitative estimate of drug-likeness (QED) is 0.476. The van der Waals surface area contributed by atoms with Crippen LogP contribution in [0.25, 0.3) is 0 Å². The first-order valence-electron chi connectivity index (χ1n) is 3.92. The molecule has 17 heavy (non-hydrogen) atoms. The SMILES string of the molecule is O=Nc1cc([N+](=O)[O-])cc([N+](=O)[O-])c1C(=O)O. The van der Waals surface area contributed by atoms with Gasteiger partial charge in [0.1, 0.15) is 5.69 Å².